The summed E-state index contributed by atoms with van der Waals surface area (Å²) in [6.45, 7) is 7.57. The lowest BCUT2D eigenvalue weighted by atomic mass is 10.3. The lowest BCUT2D eigenvalue weighted by Crippen LogP contribution is -2.42. The van der Waals surface area contributed by atoms with Crippen LogP contribution in [0.25, 0.3) is 0 Å². The van der Waals surface area contributed by atoms with Gasteiger partial charge in [0.05, 0.1) is 6.61 Å². The fourth-order valence-corrected chi connectivity index (χ4v) is 2.77. The molecular weight excluding hydrogens is 198 g/mol. The fraction of sp³-hybridized carbons (Fsp3) is 0.900. The van der Waals surface area contributed by atoms with E-state index in [9.17, 15) is 4.79 Å². The Morgan fingerprint density at radius 2 is 2.36 bits per heavy atom. The Morgan fingerprint density at radius 3 is 3.00 bits per heavy atom. The molecule has 0 aliphatic carbocycles. The van der Waals surface area contributed by atoms with Gasteiger partial charge in [-0.25, -0.2) is 0 Å². The molecule has 1 fully saturated rings. The maximum atomic E-state index is 11.5. The maximum Gasteiger partial charge on any atom is 0.320 e. The van der Waals surface area contributed by atoms with E-state index in [1.54, 1.807) is 11.8 Å². The molecule has 0 N–H and O–H groups in total. The highest BCUT2D eigenvalue weighted by Crippen LogP contribution is 2.19. The number of esters is 1. The van der Waals surface area contributed by atoms with Crippen LogP contribution in [0.15, 0.2) is 0 Å². The van der Waals surface area contributed by atoms with Gasteiger partial charge in [-0.2, -0.15) is 0 Å². The van der Waals surface area contributed by atoms with Gasteiger partial charge in [-0.3, -0.25) is 4.79 Å². The van der Waals surface area contributed by atoms with Gasteiger partial charge in [0.1, 0.15) is 5.25 Å². The molecule has 3 nitrogen and oxygen atoms in total. The summed E-state index contributed by atoms with van der Waals surface area (Å²) in [7, 11) is 0. The standard InChI is InChI=1S/C10H19NO2S/c1-3-5-11-6-7-14-9(8-11)10(12)13-4-2/h9H,3-8H2,1-2H3. The first-order valence-electron chi connectivity index (χ1n) is 5.28. The topological polar surface area (TPSA) is 29.5 Å². The lowest BCUT2D eigenvalue weighted by molar-refractivity contribution is -0.142. The molecule has 0 amide bonds. The van der Waals surface area contributed by atoms with Crippen LogP contribution in [-0.2, 0) is 9.53 Å². The summed E-state index contributed by atoms with van der Waals surface area (Å²) in [4.78, 5) is 13.8. The van der Waals surface area contributed by atoms with Crippen molar-refractivity contribution < 1.29 is 9.53 Å². The van der Waals surface area contributed by atoms with Crippen molar-refractivity contribution in [3.63, 3.8) is 0 Å². The predicted octanol–water partition coefficient (Wildman–Crippen LogP) is 1.38. The molecule has 1 rings (SSSR count). The predicted molar refractivity (Wildman–Crippen MR) is 59.6 cm³/mol. The number of thioether (sulfide) groups is 1. The smallest absolute Gasteiger partial charge is 0.320 e. The Morgan fingerprint density at radius 1 is 1.57 bits per heavy atom. The molecule has 0 aromatic carbocycles. The van der Waals surface area contributed by atoms with Crippen molar-refractivity contribution in [3.05, 3.63) is 0 Å². The zero-order chi connectivity index (χ0) is 10.4. The third-order valence-electron chi connectivity index (χ3n) is 2.24. The largest absolute Gasteiger partial charge is 0.465 e. The third-order valence-corrected chi connectivity index (χ3v) is 3.40. The van der Waals surface area contributed by atoms with Crippen molar-refractivity contribution in [1.29, 1.82) is 0 Å². The van der Waals surface area contributed by atoms with Gasteiger partial charge in [0.2, 0.25) is 0 Å². The Balaban J connectivity index is 2.35. The molecule has 0 aromatic rings. The van der Waals surface area contributed by atoms with Crippen molar-refractivity contribution in [1.82, 2.24) is 4.90 Å². The summed E-state index contributed by atoms with van der Waals surface area (Å²) < 4.78 is 5.02. The van der Waals surface area contributed by atoms with Crippen molar-refractivity contribution in [2.45, 2.75) is 25.5 Å². The van der Waals surface area contributed by atoms with E-state index >= 15 is 0 Å². The molecule has 0 radical (unpaired) electrons. The Labute approximate surface area is 90.2 Å². The molecule has 0 spiro atoms. The lowest BCUT2D eigenvalue weighted by Gasteiger charge is -2.30. The van der Waals surface area contributed by atoms with Crippen LogP contribution in [0.2, 0.25) is 0 Å². The zero-order valence-corrected chi connectivity index (χ0v) is 9.81. The minimum atomic E-state index is -0.0432. The minimum absolute atomic E-state index is 0.0373. The van der Waals surface area contributed by atoms with E-state index in [4.69, 9.17) is 4.74 Å². The molecule has 1 atom stereocenters. The summed E-state index contributed by atoms with van der Waals surface area (Å²) in [6.07, 6.45) is 1.15. The zero-order valence-electron chi connectivity index (χ0n) is 8.99. The summed E-state index contributed by atoms with van der Waals surface area (Å²) >= 11 is 1.72. The molecule has 4 heteroatoms. The van der Waals surface area contributed by atoms with E-state index < -0.39 is 0 Å². The highest BCUT2D eigenvalue weighted by Gasteiger charge is 2.26. The van der Waals surface area contributed by atoms with Gasteiger partial charge in [0, 0.05) is 18.8 Å². The molecule has 1 saturated heterocycles. The molecular formula is C10H19NO2S. The monoisotopic (exact) mass is 217 g/mol. The first kappa shape index (κ1) is 11.9. The fourth-order valence-electron chi connectivity index (χ4n) is 1.60. The summed E-state index contributed by atoms with van der Waals surface area (Å²) in [5.74, 6) is 1.00. The molecule has 0 saturated carbocycles. The number of ether oxygens (including phenoxy) is 1. The quantitative estimate of drug-likeness (QED) is 0.665. The normalized spacial score (nSPS) is 23.4. The van der Waals surface area contributed by atoms with Gasteiger partial charge in [0.15, 0.2) is 0 Å². The molecule has 82 valence electrons. The summed E-state index contributed by atoms with van der Waals surface area (Å²) in [6, 6.07) is 0. The van der Waals surface area contributed by atoms with Crippen LogP contribution in [-0.4, -0.2) is 48.1 Å². The van der Waals surface area contributed by atoms with E-state index in [1.807, 2.05) is 6.92 Å². The van der Waals surface area contributed by atoms with E-state index in [-0.39, 0.29) is 11.2 Å². The maximum absolute atomic E-state index is 11.5. The van der Waals surface area contributed by atoms with Crippen LogP contribution in [0.5, 0.6) is 0 Å². The van der Waals surface area contributed by atoms with Crippen LogP contribution in [0.4, 0.5) is 0 Å². The van der Waals surface area contributed by atoms with E-state index in [2.05, 4.69) is 11.8 Å². The molecule has 1 aliphatic rings. The van der Waals surface area contributed by atoms with E-state index in [0.29, 0.717) is 6.61 Å². The van der Waals surface area contributed by atoms with Crippen LogP contribution in [0, 0.1) is 0 Å². The first-order valence-corrected chi connectivity index (χ1v) is 6.33. The molecule has 0 aromatic heterocycles. The number of nitrogens with zero attached hydrogens (tertiary/aromatic N) is 1. The van der Waals surface area contributed by atoms with Gasteiger partial charge in [-0.15, -0.1) is 11.8 Å². The number of rotatable bonds is 4. The van der Waals surface area contributed by atoms with Gasteiger partial charge in [-0.05, 0) is 19.9 Å². The van der Waals surface area contributed by atoms with Crippen molar-refractivity contribution in [2.24, 2.45) is 0 Å². The van der Waals surface area contributed by atoms with E-state index in [0.717, 1.165) is 31.8 Å². The number of hydrogen-bond donors (Lipinski definition) is 0. The van der Waals surface area contributed by atoms with Gasteiger partial charge >= 0.3 is 5.97 Å². The van der Waals surface area contributed by atoms with Crippen molar-refractivity contribution in [2.75, 3.05) is 32.0 Å². The Kier molecular flexibility index (Phi) is 5.33. The second kappa shape index (κ2) is 6.30. The van der Waals surface area contributed by atoms with Crippen LogP contribution >= 0.6 is 11.8 Å². The number of carbonyl (C=O) groups is 1. The average molecular weight is 217 g/mol. The van der Waals surface area contributed by atoms with Crippen LogP contribution in [0.1, 0.15) is 20.3 Å². The second-order valence-corrected chi connectivity index (χ2v) is 4.72. The molecule has 14 heavy (non-hydrogen) atoms. The van der Waals surface area contributed by atoms with Crippen LogP contribution < -0.4 is 0 Å². The van der Waals surface area contributed by atoms with E-state index in [1.165, 1.54) is 0 Å². The van der Waals surface area contributed by atoms with Crippen molar-refractivity contribution in [3.8, 4) is 0 Å². The van der Waals surface area contributed by atoms with Gasteiger partial charge in [-0.1, -0.05) is 6.92 Å². The average Bonchev–Trinajstić information content (AvgIpc) is 2.19. The first-order chi connectivity index (χ1) is 6.77. The minimum Gasteiger partial charge on any atom is -0.465 e. The summed E-state index contributed by atoms with van der Waals surface area (Å²) in [5.41, 5.74) is 0. The Bertz CT molecular complexity index is 185. The molecule has 1 aliphatic heterocycles. The van der Waals surface area contributed by atoms with Crippen LogP contribution in [0.3, 0.4) is 0 Å². The molecule has 1 unspecified atom stereocenters. The van der Waals surface area contributed by atoms with Gasteiger partial charge in [0.25, 0.3) is 0 Å². The number of hydrogen-bond acceptors (Lipinski definition) is 4. The third kappa shape index (κ3) is 3.50. The Hall–Kier alpha value is -0.220. The molecule has 1 heterocycles. The highest BCUT2D eigenvalue weighted by molar-refractivity contribution is 8.00. The van der Waals surface area contributed by atoms with Crippen molar-refractivity contribution >= 4 is 17.7 Å². The number of carbonyl (C=O) groups excluding carboxylic acids is 1. The summed E-state index contributed by atoms with van der Waals surface area (Å²) in [5, 5.41) is 0.0373. The van der Waals surface area contributed by atoms with Gasteiger partial charge < -0.3 is 9.64 Å². The highest BCUT2D eigenvalue weighted by atomic mass is 32.2. The SMILES string of the molecule is CCCN1CCSC(C(=O)OCC)C1. The molecule has 0 bridgehead atoms. The second-order valence-electron chi connectivity index (χ2n) is 3.41.